The minimum atomic E-state index is -0.227. The van der Waals surface area contributed by atoms with Crippen LogP contribution < -0.4 is 5.32 Å². The van der Waals surface area contributed by atoms with Crippen molar-refractivity contribution in [1.82, 2.24) is 5.32 Å². The molecule has 0 aliphatic rings. The van der Waals surface area contributed by atoms with Crippen LogP contribution in [0.25, 0.3) is 0 Å². The Hall–Kier alpha value is -1.25. The molecule has 0 atom stereocenters. The maximum atomic E-state index is 10.8. The molecule has 0 saturated heterocycles. The van der Waals surface area contributed by atoms with Crippen molar-refractivity contribution in [3.63, 3.8) is 0 Å². The molecule has 0 aliphatic carbocycles. The Bertz CT molecular complexity index is 240. The fraction of sp³-hybridized carbons (Fsp3) is 0.143. The Labute approximate surface area is 59.0 Å². The molecule has 3 nitrogen and oxygen atoms in total. The van der Waals surface area contributed by atoms with Gasteiger partial charge in [-0.1, -0.05) is 0 Å². The van der Waals surface area contributed by atoms with Gasteiger partial charge in [-0.25, -0.2) is 0 Å². The predicted molar refractivity (Wildman–Crippen MR) is 36.6 cm³/mol. The monoisotopic (exact) mass is 138 g/mol. The van der Waals surface area contributed by atoms with Crippen LogP contribution in [0, 0.1) is 6.92 Å². The zero-order chi connectivity index (χ0) is 7.56. The fourth-order valence-electron chi connectivity index (χ4n) is 0.623. The zero-order valence-electron chi connectivity index (χ0n) is 5.68. The summed E-state index contributed by atoms with van der Waals surface area (Å²) in [7, 11) is 1.55. The van der Waals surface area contributed by atoms with Gasteiger partial charge in [-0.15, -0.1) is 0 Å². The standard InChI is InChI=1S/C7H8NO2/c1-5-3-4-6(10-5)7(9)8-2/h3-4H,1H2,2H3,(H,8,9). The van der Waals surface area contributed by atoms with Crippen molar-refractivity contribution in [3.05, 3.63) is 30.6 Å². The molecular formula is C7H8NO2. The van der Waals surface area contributed by atoms with E-state index in [-0.39, 0.29) is 5.91 Å². The van der Waals surface area contributed by atoms with Crippen molar-refractivity contribution < 1.29 is 9.21 Å². The molecule has 1 N–H and O–H groups in total. The highest BCUT2D eigenvalue weighted by molar-refractivity contribution is 5.91. The molecule has 0 spiro atoms. The molecule has 1 rings (SSSR count). The molecule has 1 aromatic heterocycles. The van der Waals surface area contributed by atoms with E-state index in [1.807, 2.05) is 0 Å². The van der Waals surface area contributed by atoms with Crippen molar-refractivity contribution in [1.29, 1.82) is 0 Å². The van der Waals surface area contributed by atoms with E-state index in [0.29, 0.717) is 11.5 Å². The molecule has 0 aromatic carbocycles. The van der Waals surface area contributed by atoms with Gasteiger partial charge in [0.2, 0.25) is 0 Å². The van der Waals surface area contributed by atoms with Crippen molar-refractivity contribution in [2.24, 2.45) is 0 Å². The fourth-order valence-corrected chi connectivity index (χ4v) is 0.623. The number of carbonyl (C=O) groups excluding carboxylic acids is 1. The van der Waals surface area contributed by atoms with Crippen LogP contribution in [0.2, 0.25) is 0 Å². The quantitative estimate of drug-likeness (QED) is 0.624. The summed E-state index contributed by atoms with van der Waals surface area (Å²) in [6.07, 6.45) is 0. The zero-order valence-corrected chi connectivity index (χ0v) is 5.68. The Kier molecular flexibility index (Phi) is 1.76. The third-order valence-electron chi connectivity index (χ3n) is 1.11. The Morgan fingerprint density at radius 3 is 2.80 bits per heavy atom. The maximum Gasteiger partial charge on any atom is 0.286 e. The number of carbonyl (C=O) groups is 1. The van der Waals surface area contributed by atoms with Crippen LogP contribution in [0.4, 0.5) is 0 Å². The van der Waals surface area contributed by atoms with Crippen LogP contribution in [0.3, 0.4) is 0 Å². The average molecular weight is 138 g/mol. The number of hydrogen-bond donors (Lipinski definition) is 1. The predicted octanol–water partition coefficient (Wildman–Crippen LogP) is 0.821. The van der Waals surface area contributed by atoms with Crippen LogP contribution in [-0.2, 0) is 0 Å². The number of furan rings is 1. The van der Waals surface area contributed by atoms with Gasteiger partial charge < -0.3 is 9.73 Å². The lowest BCUT2D eigenvalue weighted by molar-refractivity contribution is 0.0935. The van der Waals surface area contributed by atoms with Crippen LogP contribution in [0.5, 0.6) is 0 Å². The number of rotatable bonds is 1. The second kappa shape index (κ2) is 2.56. The molecule has 1 radical (unpaired) electrons. The van der Waals surface area contributed by atoms with Gasteiger partial charge in [-0.05, 0) is 12.1 Å². The number of amides is 1. The van der Waals surface area contributed by atoms with Crippen LogP contribution in [0.15, 0.2) is 16.5 Å². The first kappa shape index (κ1) is 6.86. The van der Waals surface area contributed by atoms with Crippen LogP contribution in [0.1, 0.15) is 16.3 Å². The molecule has 0 saturated carbocycles. The minimum absolute atomic E-state index is 0.227. The Morgan fingerprint density at radius 2 is 2.40 bits per heavy atom. The van der Waals surface area contributed by atoms with Gasteiger partial charge in [0.15, 0.2) is 5.76 Å². The molecule has 3 heteroatoms. The first-order valence-corrected chi connectivity index (χ1v) is 2.88. The molecule has 1 aromatic rings. The average Bonchev–Trinajstić information content (AvgIpc) is 2.34. The minimum Gasteiger partial charge on any atom is -0.456 e. The molecule has 0 aliphatic heterocycles. The molecular weight excluding hydrogens is 130 g/mol. The van der Waals surface area contributed by atoms with Gasteiger partial charge in [0, 0.05) is 14.0 Å². The Morgan fingerprint density at radius 1 is 1.70 bits per heavy atom. The summed E-state index contributed by atoms with van der Waals surface area (Å²) in [6, 6.07) is 3.23. The highest BCUT2D eigenvalue weighted by Gasteiger charge is 2.05. The van der Waals surface area contributed by atoms with E-state index in [1.54, 1.807) is 19.2 Å². The maximum absolute atomic E-state index is 10.8. The lowest BCUT2D eigenvalue weighted by Gasteiger charge is -1.91. The Balaban J connectivity index is 2.85. The molecule has 0 fully saturated rings. The smallest absolute Gasteiger partial charge is 0.286 e. The summed E-state index contributed by atoms with van der Waals surface area (Å²) in [6.45, 7) is 3.51. The van der Waals surface area contributed by atoms with Crippen molar-refractivity contribution in [2.75, 3.05) is 7.05 Å². The number of nitrogens with one attached hydrogen (secondary N) is 1. The van der Waals surface area contributed by atoms with Crippen LogP contribution >= 0.6 is 0 Å². The second-order valence-corrected chi connectivity index (χ2v) is 1.85. The lowest BCUT2D eigenvalue weighted by Crippen LogP contribution is -2.16. The summed E-state index contributed by atoms with van der Waals surface area (Å²) in [5, 5.41) is 2.43. The van der Waals surface area contributed by atoms with Gasteiger partial charge in [0.1, 0.15) is 5.76 Å². The summed E-state index contributed by atoms with van der Waals surface area (Å²) < 4.78 is 4.91. The largest absolute Gasteiger partial charge is 0.456 e. The highest BCUT2D eigenvalue weighted by Crippen LogP contribution is 2.04. The van der Waals surface area contributed by atoms with Gasteiger partial charge in [0.05, 0.1) is 0 Å². The topological polar surface area (TPSA) is 42.2 Å². The van der Waals surface area contributed by atoms with E-state index in [2.05, 4.69) is 12.2 Å². The van der Waals surface area contributed by atoms with Crippen molar-refractivity contribution >= 4 is 5.91 Å². The van der Waals surface area contributed by atoms with Gasteiger partial charge in [-0.2, -0.15) is 0 Å². The van der Waals surface area contributed by atoms with Crippen molar-refractivity contribution in [3.8, 4) is 0 Å². The molecule has 0 unspecified atom stereocenters. The molecule has 1 heterocycles. The summed E-state index contributed by atoms with van der Waals surface area (Å²) in [5.41, 5.74) is 0. The van der Waals surface area contributed by atoms with E-state index < -0.39 is 0 Å². The first-order chi connectivity index (χ1) is 4.74. The summed E-state index contributed by atoms with van der Waals surface area (Å²) in [4.78, 5) is 10.8. The highest BCUT2D eigenvalue weighted by atomic mass is 16.3. The molecule has 53 valence electrons. The molecule has 0 bridgehead atoms. The molecule has 10 heavy (non-hydrogen) atoms. The third kappa shape index (κ3) is 1.18. The second-order valence-electron chi connectivity index (χ2n) is 1.85. The van der Waals surface area contributed by atoms with Gasteiger partial charge in [0.25, 0.3) is 5.91 Å². The van der Waals surface area contributed by atoms with E-state index in [0.717, 1.165) is 0 Å². The third-order valence-corrected chi connectivity index (χ3v) is 1.11. The van der Waals surface area contributed by atoms with E-state index in [1.165, 1.54) is 0 Å². The van der Waals surface area contributed by atoms with Gasteiger partial charge in [-0.3, -0.25) is 4.79 Å². The summed E-state index contributed by atoms with van der Waals surface area (Å²) >= 11 is 0. The number of hydrogen-bond acceptors (Lipinski definition) is 2. The van der Waals surface area contributed by atoms with E-state index >= 15 is 0 Å². The van der Waals surface area contributed by atoms with E-state index in [9.17, 15) is 4.79 Å². The first-order valence-electron chi connectivity index (χ1n) is 2.88. The molecule has 1 amide bonds. The van der Waals surface area contributed by atoms with Crippen molar-refractivity contribution in [2.45, 2.75) is 0 Å². The summed E-state index contributed by atoms with van der Waals surface area (Å²) in [5.74, 6) is 0.570. The lowest BCUT2D eigenvalue weighted by atomic mass is 10.4. The normalized spacial score (nSPS) is 9.40. The SMILES string of the molecule is [CH2]c1ccc(C(=O)NC)o1. The van der Waals surface area contributed by atoms with Crippen LogP contribution in [-0.4, -0.2) is 13.0 Å². The van der Waals surface area contributed by atoms with Gasteiger partial charge >= 0.3 is 0 Å². The van der Waals surface area contributed by atoms with E-state index in [4.69, 9.17) is 4.42 Å².